The summed E-state index contributed by atoms with van der Waals surface area (Å²) in [7, 11) is 2.95. The SMILES string of the molecule is COc1ccc(C(Cc2c(Cl)c[n+]([O-])cc2Cl)OC(=O)c2ccc(N(CC(=O)OC(C)(C)C)S(=O)[O-])c(OCC3CC3)c2)cc1OC. The van der Waals surface area contributed by atoms with Crippen molar-refractivity contribution in [2.45, 2.75) is 51.7 Å². The highest BCUT2D eigenvalue weighted by Crippen LogP contribution is 2.37. The Morgan fingerprint density at radius 3 is 2.26 bits per heavy atom. The summed E-state index contributed by atoms with van der Waals surface area (Å²) < 4.78 is 53.9. The number of hydrogen-bond acceptors (Lipinski definition) is 10. The van der Waals surface area contributed by atoms with Crippen LogP contribution in [0.15, 0.2) is 48.8 Å². The van der Waals surface area contributed by atoms with Crippen LogP contribution in [0, 0.1) is 11.1 Å². The Hall–Kier alpha value is -3.78. The highest BCUT2D eigenvalue weighted by molar-refractivity contribution is 7.80. The maximum absolute atomic E-state index is 13.7. The van der Waals surface area contributed by atoms with Gasteiger partial charge in [0.1, 0.15) is 34.0 Å². The quantitative estimate of drug-likeness (QED) is 0.0906. The molecule has 0 spiro atoms. The molecule has 2 unspecified atom stereocenters. The van der Waals surface area contributed by atoms with E-state index in [0.29, 0.717) is 27.4 Å². The van der Waals surface area contributed by atoms with E-state index < -0.39 is 41.5 Å². The molecule has 2 atom stereocenters. The van der Waals surface area contributed by atoms with Crippen molar-refractivity contribution in [3.63, 3.8) is 0 Å². The summed E-state index contributed by atoms with van der Waals surface area (Å²) in [6, 6.07) is 9.07. The predicted octanol–water partition coefficient (Wildman–Crippen LogP) is 5.52. The molecule has 0 N–H and O–H groups in total. The molecule has 0 radical (unpaired) electrons. The van der Waals surface area contributed by atoms with Gasteiger partial charge in [-0.3, -0.25) is 13.3 Å². The first kappa shape index (κ1) is 36.1. The maximum atomic E-state index is 13.7. The van der Waals surface area contributed by atoms with Gasteiger partial charge < -0.3 is 33.4 Å². The van der Waals surface area contributed by atoms with Crippen molar-refractivity contribution in [3.05, 3.63) is 80.7 Å². The Morgan fingerprint density at radius 2 is 1.68 bits per heavy atom. The summed E-state index contributed by atoms with van der Waals surface area (Å²) >= 11 is 9.84. The number of hydrogen-bond donors (Lipinski definition) is 0. The second kappa shape index (κ2) is 15.4. The lowest BCUT2D eigenvalue weighted by atomic mass is 10.0. The van der Waals surface area contributed by atoms with Gasteiger partial charge >= 0.3 is 11.9 Å². The molecule has 0 bridgehead atoms. The molecule has 1 fully saturated rings. The average Bonchev–Trinajstić information content (AvgIpc) is 3.83. The summed E-state index contributed by atoms with van der Waals surface area (Å²) in [5.74, 6) is -0.365. The van der Waals surface area contributed by atoms with Crippen molar-refractivity contribution < 1.29 is 46.8 Å². The minimum absolute atomic E-state index is 0.0122. The molecule has 1 aromatic heterocycles. The molecule has 15 heteroatoms. The van der Waals surface area contributed by atoms with E-state index in [1.165, 1.54) is 32.4 Å². The molecule has 254 valence electrons. The Kier molecular flexibility index (Phi) is 11.8. The standard InChI is InChI=1S/C32H36Cl2N2O10S/c1-32(2,3)46-30(37)17-36(47(40)41)25-10-8-21(13-28(25)44-18-19-6-7-19)31(38)45-27(14-22-23(33)15-35(39)16-24(22)34)20-9-11-26(42-4)29(12-20)43-5/h8-13,15-16,19,27H,6-7,14,17-18H2,1-5H3,(H,40,41)/p-1. The Bertz CT molecular complexity index is 1620. The second-order valence-electron chi connectivity index (χ2n) is 11.8. The number of ether oxygens (including phenoxy) is 5. The first-order chi connectivity index (χ1) is 22.2. The molecule has 1 heterocycles. The van der Waals surface area contributed by atoms with Gasteiger partial charge in [-0.25, -0.2) is 4.79 Å². The number of carbonyl (C=O) groups excluding carboxylic acids is 2. The van der Waals surface area contributed by atoms with E-state index in [1.54, 1.807) is 39.0 Å². The molecule has 12 nitrogen and oxygen atoms in total. The third kappa shape index (κ3) is 9.86. The number of esters is 2. The van der Waals surface area contributed by atoms with Crippen LogP contribution >= 0.6 is 23.2 Å². The highest BCUT2D eigenvalue weighted by atomic mass is 35.5. The van der Waals surface area contributed by atoms with Crippen molar-refractivity contribution in [1.82, 2.24) is 0 Å². The molecule has 1 aliphatic rings. The van der Waals surface area contributed by atoms with Gasteiger partial charge in [0.05, 0.1) is 32.1 Å². The van der Waals surface area contributed by atoms with Gasteiger partial charge in [-0.15, -0.1) is 0 Å². The highest BCUT2D eigenvalue weighted by Gasteiger charge is 2.28. The van der Waals surface area contributed by atoms with Crippen molar-refractivity contribution in [2.24, 2.45) is 5.92 Å². The van der Waals surface area contributed by atoms with E-state index in [1.807, 2.05) is 0 Å². The molecule has 1 aliphatic carbocycles. The number of methoxy groups -OCH3 is 2. The Balaban J connectivity index is 1.69. The Morgan fingerprint density at radius 1 is 1.02 bits per heavy atom. The van der Waals surface area contributed by atoms with Gasteiger partial charge in [-0.2, -0.15) is 4.73 Å². The zero-order valence-corrected chi connectivity index (χ0v) is 28.8. The van der Waals surface area contributed by atoms with Crippen molar-refractivity contribution in [1.29, 1.82) is 0 Å². The second-order valence-corrected chi connectivity index (χ2v) is 13.5. The van der Waals surface area contributed by atoms with Crippen molar-refractivity contribution in [2.75, 3.05) is 31.7 Å². The monoisotopic (exact) mass is 709 g/mol. The smallest absolute Gasteiger partial charge is 0.338 e. The minimum atomic E-state index is -2.88. The topological polar surface area (TPSA) is 151 Å². The number of halogens is 2. The molecule has 0 aliphatic heterocycles. The van der Waals surface area contributed by atoms with E-state index >= 15 is 0 Å². The van der Waals surface area contributed by atoms with Crippen molar-refractivity contribution in [3.8, 4) is 17.2 Å². The fraction of sp³-hybridized carbons (Fsp3) is 0.406. The molecule has 3 aromatic rings. The van der Waals surface area contributed by atoms with Gasteiger partial charge in [0.15, 0.2) is 23.9 Å². The molecule has 0 saturated heterocycles. The molecule has 4 rings (SSSR count). The van der Waals surface area contributed by atoms with E-state index in [4.69, 9.17) is 46.9 Å². The number of aromatic nitrogens is 1. The third-order valence-corrected chi connectivity index (χ3v) is 8.32. The molecule has 0 amide bonds. The van der Waals surface area contributed by atoms with Gasteiger partial charge in [0.2, 0.25) is 0 Å². The van der Waals surface area contributed by atoms with Gasteiger partial charge in [0, 0.05) is 23.3 Å². The van der Waals surface area contributed by atoms with Crippen LogP contribution in [0.5, 0.6) is 17.2 Å². The number of pyridine rings is 1. The van der Waals surface area contributed by atoms with Crippen LogP contribution in [-0.2, 0) is 32.0 Å². The van der Waals surface area contributed by atoms with Crippen LogP contribution in [0.1, 0.15) is 61.2 Å². The molecule has 1 saturated carbocycles. The molecular formula is C32H35Cl2N2O10S-. The number of benzene rings is 2. The summed E-state index contributed by atoms with van der Waals surface area (Å²) in [5, 5.41) is 12.0. The lowest BCUT2D eigenvalue weighted by Gasteiger charge is -2.29. The average molecular weight is 711 g/mol. The van der Waals surface area contributed by atoms with E-state index in [9.17, 15) is 23.6 Å². The van der Waals surface area contributed by atoms with Crippen molar-refractivity contribution >= 4 is 52.1 Å². The van der Waals surface area contributed by atoms with E-state index in [-0.39, 0.29) is 46.0 Å². The lowest BCUT2D eigenvalue weighted by molar-refractivity contribution is -0.605. The zero-order valence-electron chi connectivity index (χ0n) is 26.5. The van der Waals surface area contributed by atoms with Crippen LogP contribution in [0.3, 0.4) is 0 Å². The molecule has 2 aromatic carbocycles. The first-order valence-corrected chi connectivity index (χ1v) is 16.3. The number of nitrogens with zero attached hydrogens (tertiary/aromatic N) is 2. The van der Waals surface area contributed by atoms with E-state index in [2.05, 4.69) is 0 Å². The minimum Gasteiger partial charge on any atom is -0.755 e. The van der Waals surface area contributed by atoms with Gasteiger partial charge in [-0.1, -0.05) is 29.3 Å². The Labute approximate surface area is 285 Å². The van der Waals surface area contributed by atoms with Crippen LogP contribution in [-0.4, -0.2) is 53.7 Å². The normalized spacial score (nSPS) is 14.1. The zero-order chi connectivity index (χ0) is 34.5. The summed E-state index contributed by atoms with van der Waals surface area (Å²) in [6.07, 6.45) is 3.20. The largest absolute Gasteiger partial charge is 0.755 e. The number of carbonyl (C=O) groups is 2. The van der Waals surface area contributed by atoms with E-state index in [0.717, 1.165) is 29.5 Å². The molecular weight excluding hydrogens is 675 g/mol. The van der Waals surface area contributed by atoms with Gasteiger partial charge in [0.25, 0.3) is 0 Å². The third-order valence-electron chi connectivity index (χ3n) is 6.98. The van der Waals surface area contributed by atoms with Crippen LogP contribution in [0.4, 0.5) is 5.69 Å². The summed E-state index contributed by atoms with van der Waals surface area (Å²) in [4.78, 5) is 26.3. The summed E-state index contributed by atoms with van der Waals surface area (Å²) in [5.41, 5.74) is 0.135. The van der Waals surface area contributed by atoms with Crippen LogP contribution < -0.4 is 23.2 Å². The number of anilines is 1. The van der Waals surface area contributed by atoms with Crippen LogP contribution in [0.25, 0.3) is 0 Å². The lowest BCUT2D eigenvalue weighted by Crippen LogP contribution is -2.36. The molecule has 47 heavy (non-hydrogen) atoms. The summed E-state index contributed by atoms with van der Waals surface area (Å²) in [6.45, 7) is 4.69. The maximum Gasteiger partial charge on any atom is 0.338 e. The fourth-order valence-corrected chi connectivity index (χ4v) is 5.67. The predicted molar refractivity (Wildman–Crippen MR) is 174 cm³/mol. The van der Waals surface area contributed by atoms with Crippen LogP contribution in [0.2, 0.25) is 10.0 Å². The first-order valence-electron chi connectivity index (χ1n) is 14.5. The fourth-order valence-electron chi connectivity index (χ4n) is 4.55. The number of rotatable bonds is 14. The van der Waals surface area contributed by atoms with Gasteiger partial charge in [-0.05, 0) is 75.4 Å².